The van der Waals surface area contributed by atoms with Crippen LogP contribution < -0.4 is 0 Å². The van der Waals surface area contributed by atoms with Gasteiger partial charge in [-0.05, 0) is 73.5 Å². The van der Waals surface area contributed by atoms with Crippen LogP contribution in [0.2, 0.25) is 0 Å². The Morgan fingerprint density at radius 1 is 1.17 bits per heavy atom. The number of rotatable bonds is 0. The lowest BCUT2D eigenvalue weighted by molar-refractivity contribution is -0.115. The summed E-state index contributed by atoms with van der Waals surface area (Å²) in [5.41, 5.74) is 2.52. The molecule has 0 aromatic carbocycles. The Morgan fingerprint density at radius 3 is 2.70 bits per heavy atom. The van der Waals surface area contributed by atoms with Crippen LogP contribution in [0.3, 0.4) is 0 Å². The zero-order chi connectivity index (χ0) is 16.4. The molecule has 4 aliphatic carbocycles. The van der Waals surface area contributed by atoms with Gasteiger partial charge in [0.05, 0.1) is 0 Å². The molecule has 0 N–H and O–H groups in total. The van der Waals surface area contributed by atoms with Crippen molar-refractivity contribution in [3.8, 4) is 0 Å². The van der Waals surface area contributed by atoms with Gasteiger partial charge in [0.2, 0.25) is 0 Å². The van der Waals surface area contributed by atoms with Crippen LogP contribution in [0.25, 0.3) is 0 Å². The maximum atomic E-state index is 12.5. The molecule has 0 radical (unpaired) electrons. The molecule has 0 aromatic rings. The molecule has 3 fully saturated rings. The molecule has 4 aliphatic rings. The smallest absolute Gasteiger partial charge is 0.178 e. The van der Waals surface area contributed by atoms with Gasteiger partial charge < -0.3 is 0 Å². The average molecular weight is 310 g/mol. The lowest BCUT2D eigenvalue weighted by Gasteiger charge is -2.56. The third-order valence-corrected chi connectivity index (χ3v) is 7.56. The van der Waals surface area contributed by atoms with Gasteiger partial charge in [-0.15, -0.1) is 0 Å². The SMILES string of the molecule is CC=C1C(=O)C[C@H]2[C@@H]3CCC4=CC(=O)C=C[C@]4(C)[C@H]3CC[C@]12C. The highest BCUT2D eigenvalue weighted by Gasteiger charge is 2.58. The van der Waals surface area contributed by atoms with Crippen LogP contribution in [-0.4, -0.2) is 11.6 Å². The summed E-state index contributed by atoms with van der Waals surface area (Å²) < 4.78 is 0. The molecule has 3 saturated carbocycles. The number of allylic oxidation sites excluding steroid dienone is 6. The van der Waals surface area contributed by atoms with Gasteiger partial charge in [-0.25, -0.2) is 0 Å². The molecule has 0 heterocycles. The highest BCUT2D eigenvalue weighted by atomic mass is 16.1. The number of carbonyl (C=O) groups excluding carboxylic acids is 2. The lowest BCUT2D eigenvalue weighted by Crippen LogP contribution is -2.48. The second kappa shape index (κ2) is 4.78. The van der Waals surface area contributed by atoms with Crippen LogP contribution in [0, 0.1) is 28.6 Å². The summed E-state index contributed by atoms with van der Waals surface area (Å²) in [6, 6.07) is 0. The first-order valence-electron chi connectivity index (χ1n) is 9.04. The maximum absolute atomic E-state index is 12.5. The third kappa shape index (κ3) is 1.87. The molecule has 0 saturated heterocycles. The van der Waals surface area contributed by atoms with Gasteiger partial charge in [-0.3, -0.25) is 9.59 Å². The van der Waals surface area contributed by atoms with Crippen molar-refractivity contribution >= 4 is 11.6 Å². The normalized spacial score (nSPS) is 47.2. The zero-order valence-electron chi connectivity index (χ0n) is 14.4. The van der Waals surface area contributed by atoms with Crippen LogP contribution in [0.15, 0.2) is 35.5 Å². The van der Waals surface area contributed by atoms with Gasteiger partial charge in [0, 0.05) is 11.8 Å². The molecular weight excluding hydrogens is 284 g/mol. The van der Waals surface area contributed by atoms with Crippen LogP contribution in [-0.2, 0) is 9.59 Å². The van der Waals surface area contributed by atoms with E-state index in [0.717, 1.165) is 37.7 Å². The van der Waals surface area contributed by atoms with E-state index in [0.29, 0.717) is 23.5 Å². The number of Topliss-reactive ketones (excluding diaryl/α,β-unsaturated/α-hetero) is 1. The van der Waals surface area contributed by atoms with Crippen molar-refractivity contribution in [2.24, 2.45) is 28.6 Å². The van der Waals surface area contributed by atoms with Crippen molar-refractivity contribution in [2.45, 2.75) is 52.9 Å². The molecule has 0 spiro atoms. The minimum atomic E-state index is 0.0277. The summed E-state index contributed by atoms with van der Waals surface area (Å²) in [4.78, 5) is 24.3. The van der Waals surface area contributed by atoms with E-state index in [4.69, 9.17) is 0 Å². The number of ketones is 2. The second-order valence-electron chi connectivity index (χ2n) is 8.39. The van der Waals surface area contributed by atoms with E-state index in [9.17, 15) is 9.59 Å². The van der Waals surface area contributed by atoms with Gasteiger partial charge in [0.15, 0.2) is 11.6 Å². The first-order valence-corrected chi connectivity index (χ1v) is 9.04. The fraction of sp³-hybridized carbons (Fsp3) is 0.619. The van der Waals surface area contributed by atoms with Crippen molar-refractivity contribution in [1.29, 1.82) is 0 Å². The Bertz CT molecular complexity index is 680. The number of carbonyl (C=O) groups is 2. The fourth-order valence-electron chi connectivity index (χ4n) is 6.35. The van der Waals surface area contributed by atoms with Gasteiger partial charge in [-0.2, -0.15) is 0 Å². The first kappa shape index (κ1) is 15.1. The van der Waals surface area contributed by atoms with Crippen molar-refractivity contribution in [2.75, 3.05) is 0 Å². The average Bonchev–Trinajstić information content (AvgIpc) is 2.77. The largest absolute Gasteiger partial charge is 0.295 e. The number of fused-ring (bicyclic) bond motifs is 5. The van der Waals surface area contributed by atoms with E-state index < -0.39 is 0 Å². The molecule has 2 heteroatoms. The molecule has 23 heavy (non-hydrogen) atoms. The lowest BCUT2D eigenvalue weighted by atomic mass is 9.48. The van der Waals surface area contributed by atoms with Crippen molar-refractivity contribution < 1.29 is 9.59 Å². The molecule has 0 aliphatic heterocycles. The fourth-order valence-corrected chi connectivity index (χ4v) is 6.35. The van der Waals surface area contributed by atoms with Gasteiger partial charge in [0.25, 0.3) is 0 Å². The standard InChI is InChI=1S/C21H26O2/c1-4-16-19(23)12-18-15-6-5-13-11-14(22)7-9-20(13,2)17(15)8-10-21(16,18)3/h4,7,9,11,15,17-18H,5-6,8,10,12H2,1-3H3/t15-,17+,18+,20+,21-/m1/s1. The second-order valence-corrected chi connectivity index (χ2v) is 8.39. The first-order chi connectivity index (χ1) is 10.9. The van der Waals surface area contributed by atoms with Crippen molar-refractivity contribution in [1.82, 2.24) is 0 Å². The minimum Gasteiger partial charge on any atom is -0.295 e. The summed E-state index contributed by atoms with van der Waals surface area (Å²) in [6.07, 6.45) is 13.0. The van der Waals surface area contributed by atoms with E-state index in [1.165, 1.54) is 5.57 Å². The summed E-state index contributed by atoms with van der Waals surface area (Å²) >= 11 is 0. The highest BCUT2D eigenvalue weighted by Crippen LogP contribution is 2.65. The Balaban J connectivity index is 1.73. The van der Waals surface area contributed by atoms with Crippen LogP contribution in [0.5, 0.6) is 0 Å². The van der Waals surface area contributed by atoms with Crippen LogP contribution in [0.1, 0.15) is 52.9 Å². The van der Waals surface area contributed by atoms with E-state index in [2.05, 4.69) is 26.0 Å². The van der Waals surface area contributed by atoms with E-state index in [-0.39, 0.29) is 16.6 Å². The predicted molar refractivity (Wildman–Crippen MR) is 90.8 cm³/mol. The molecule has 5 atom stereocenters. The van der Waals surface area contributed by atoms with Crippen LogP contribution in [0.4, 0.5) is 0 Å². The number of hydrogen-bond acceptors (Lipinski definition) is 2. The van der Waals surface area contributed by atoms with E-state index >= 15 is 0 Å². The summed E-state index contributed by atoms with van der Waals surface area (Å²) in [5, 5.41) is 0. The monoisotopic (exact) mass is 310 g/mol. The van der Waals surface area contributed by atoms with Gasteiger partial charge in [-0.1, -0.05) is 31.6 Å². The molecule has 2 nitrogen and oxygen atoms in total. The molecule has 0 unspecified atom stereocenters. The van der Waals surface area contributed by atoms with E-state index in [1.54, 1.807) is 6.08 Å². The van der Waals surface area contributed by atoms with Crippen molar-refractivity contribution in [3.05, 3.63) is 35.5 Å². The van der Waals surface area contributed by atoms with Crippen molar-refractivity contribution in [3.63, 3.8) is 0 Å². The minimum absolute atomic E-state index is 0.0277. The van der Waals surface area contributed by atoms with Crippen LogP contribution >= 0.6 is 0 Å². The predicted octanol–water partition coefficient (Wildman–Crippen LogP) is 4.42. The Morgan fingerprint density at radius 2 is 1.96 bits per heavy atom. The molecular formula is C21H26O2. The maximum Gasteiger partial charge on any atom is 0.178 e. The quantitative estimate of drug-likeness (QED) is 0.621. The molecule has 4 rings (SSSR count). The Labute approximate surface area is 138 Å². The molecule has 122 valence electrons. The molecule has 0 bridgehead atoms. The zero-order valence-corrected chi connectivity index (χ0v) is 14.4. The Hall–Kier alpha value is -1.44. The Kier molecular flexibility index (Phi) is 3.14. The van der Waals surface area contributed by atoms with E-state index in [1.807, 2.05) is 13.0 Å². The summed E-state index contributed by atoms with van der Waals surface area (Å²) in [5.74, 6) is 2.19. The highest BCUT2D eigenvalue weighted by molar-refractivity contribution is 6.01. The van der Waals surface area contributed by atoms with Gasteiger partial charge >= 0.3 is 0 Å². The summed E-state index contributed by atoms with van der Waals surface area (Å²) in [7, 11) is 0. The summed E-state index contributed by atoms with van der Waals surface area (Å²) in [6.45, 7) is 6.65. The molecule has 0 amide bonds. The third-order valence-electron chi connectivity index (χ3n) is 7.56. The molecule has 0 aromatic heterocycles. The number of hydrogen-bond donors (Lipinski definition) is 0. The topological polar surface area (TPSA) is 34.1 Å². The van der Waals surface area contributed by atoms with Gasteiger partial charge in [0.1, 0.15) is 0 Å².